The molecule has 0 saturated carbocycles. The molecule has 0 fully saturated rings. The molecule has 0 saturated heterocycles. The van der Waals surface area contributed by atoms with Gasteiger partial charge in [0.2, 0.25) is 0 Å². The van der Waals surface area contributed by atoms with E-state index < -0.39 is 5.76 Å². The maximum Gasteiger partial charge on any atom is 0.288 e. The second-order valence-electron chi connectivity index (χ2n) is 4.48. The van der Waals surface area contributed by atoms with Gasteiger partial charge in [-0.3, -0.25) is 0 Å². The lowest BCUT2D eigenvalue weighted by atomic mass is 10.1. The first-order chi connectivity index (χ1) is 10.1. The average Bonchev–Trinajstić information content (AvgIpc) is 2.48. The second-order valence-corrected chi connectivity index (χ2v) is 5.51. The minimum atomic E-state index is -2.44. The summed E-state index contributed by atoms with van der Waals surface area (Å²) in [6.45, 7) is 1.97. The molecule has 112 valence electrons. The van der Waals surface area contributed by atoms with Crippen molar-refractivity contribution in [1.29, 1.82) is 0 Å². The van der Waals surface area contributed by atoms with E-state index in [9.17, 15) is 8.78 Å². The van der Waals surface area contributed by atoms with E-state index in [0.717, 1.165) is 11.3 Å². The molecule has 0 spiro atoms. The Morgan fingerprint density at radius 1 is 1.05 bits per heavy atom. The van der Waals surface area contributed by atoms with E-state index in [1.807, 2.05) is 37.3 Å². The van der Waals surface area contributed by atoms with E-state index in [1.165, 1.54) is 0 Å². The van der Waals surface area contributed by atoms with Crippen LogP contribution in [-0.2, 0) is 0 Å². The smallest absolute Gasteiger partial charge is 0.288 e. The highest BCUT2D eigenvalue weighted by Crippen LogP contribution is 2.34. The zero-order valence-electron chi connectivity index (χ0n) is 11.8. The SMILES string of the molecule is COc1ccccc1C(C)Nc1ccccc1SC(F)F. The van der Waals surface area contributed by atoms with Crippen LogP contribution in [0.5, 0.6) is 5.75 Å². The first-order valence-electron chi connectivity index (χ1n) is 6.55. The van der Waals surface area contributed by atoms with E-state index in [2.05, 4.69) is 5.32 Å². The Balaban J connectivity index is 2.21. The van der Waals surface area contributed by atoms with Gasteiger partial charge in [0.1, 0.15) is 5.75 Å². The number of thioether (sulfide) groups is 1. The van der Waals surface area contributed by atoms with Gasteiger partial charge in [0.05, 0.1) is 13.2 Å². The van der Waals surface area contributed by atoms with Gasteiger partial charge in [0, 0.05) is 16.1 Å². The van der Waals surface area contributed by atoms with Crippen LogP contribution in [0.25, 0.3) is 0 Å². The molecule has 1 unspecified atom stereocenters. The lowest BCUT2D eigenvalue weighted by molar-refractivity contribution is 0.252. The van der Waals surface area contributed by atoms with Gasteiger partial charge in [-0.1, -0.05) is 42.1 Å². The summed E-state index contributed by atoms with van der Waals surface area (Å²) in [7, 11) is 1.62. The molecule has 2 rings (SSSR count). The first-order valence-corrected chi connectivity index (χ1v) is 7.43. The molecule has 0 heterocycles. The minimum Gasteiger partial charge on any atom is -0.496 e. The van der Waals surface area contributed by atoms with Crippen molar-refractivity contribution in [2.24, 2.45) is 0 Å². The Bertz CT molecular complexity index is 592. The maximum atomic E-state index is 12.6. The highest BCUT2D eigenvalue weighted by molar-refractivity contribution is 7.99. The molecule has 2 nitrogen and oxygen atoms in total. The fourth-order valence-electron chi connectivity index (χ4n) is 2.12. The van der Waals surface area contributed by atoms with Gasteiger partial charge in [-0.15, -0.1) is 0 Å². The fourth-order valence-corrected chi connectivity index (χ4v) is 2.72. The van der Waals surface area contributed by atoms with Crippen molar-refractivity contribution in [2.75, 3.05) is 12.4 Å². The number of hydrogen-bond acceptors (Lipinski definition) is 3. The van der Waals surface area contributed by atoms with Crippen LogP contribution in [-0.4, -0.2) is 12.9 Å². The molecule has 1 N–H and O–H groups in total. The monoisotopic (exact) mass is 309 g/mol. The number of ether oxygens (including phenoxy) is 1. The Labute approximate surface area is 127 Å². The topological polar surface area (TPSA) is 21.3 Å². The van der Waals surface area contributed by atoms with Gasteiger partial charge in [0.15, 0.2) is 0 Å². The van der Waals surface area contributed by atoms with Crippen LogP contribution >= 0.6 is 11.8 Å². The van der Waals surface area contributed by atoms with Crippen molar-refractivity contribution in [3.63, 3.8) is 0 Å². The largest absolute Gasteiger partial charge is 0.496 e. The number of para-hydroxylation sites is 2. The molecular formula is C16H17F2NOS. The van der Waals surface area contributed by atoms with Crippen molar-refractivity contribution in [3.05, 3.63) is 54.1 Å². The van der Waals surface area contributed by atoms with Gasteiger partial charge in [-0.2, -0.15) is 8.78 Å². The van der Waals surface area contributed by atoms with E-state index in [4.69, 9.17) is 4.74 Å². The number of benzene rings is 2. The summed E-state index contributed by atoms with van der Waals surface area (Å²) in [5.74, 6) is -1.66. The Morgan fingerprint density at radius 3 is 2.43 bits per heavy atom. The van der Waals surface area contributed by atoms with Crippen molar-refractivity contribution >= 4 is 17.4 Å². The normalized spacial score (nSPS) is 12.2. The summed E-state index contributed by atoms with van der Waals surface area (Å²) in [5, 5.41) is 3.27. The van der Waals surface area contributed by atoms with Gasteiger partial charge >= 0.3 is 0 Å². The summed E-state index contributed by atoms with van der Waals surface area (Å²) in [4.78, 5) is 0.536. The third-order valence-electron chi connectivity index (χ3n) is 3.08. The summed E-state index contributed by atoms with van der Waals surface area (Å²) < 4.78 is 30.5. The lowest BCUT2D eigenvalue weighted by Gasteiger charge is -2.20. The van der Waals surface area contributed by atoms with Gasteiger partial charge in [-0.25, -0.2) is 0 Å². The van der Waals surface area contributed by atoms with Crippen LogP contribution in [0, 0.1) is 0 Å². The molecule has 0 amide bonds. The van der Waals surface area contributed by atoms with Crippen LogP contribution in [0.3, 0.4) is 0 Å². The summed E-state index contributed by atoms with van der Waals surface area (Å²) in [5.41, 5.74) is 1.68. The van der Waals surface area contributed by atoms with Crippen molar-refractivity contribution in [1.82, 2.24) is 0 Å². The zero-order valence-corrected chi connectivity index (χ0v) is 12.7. The van der Waals surface area contributed by atoms with E-state index in [0.29, 0.717) is 22.3 Å². The quantitative estimate of drug-likeness (QED) is 0.743. The standard InChI is InChI=1S/C16H17F2NOS/c1-11(12-7-3-5-9-14(12)20-2)19-13-8-4-6-10-15(13)21-16(17)18/h3-11,16,19H,1-2H3. The van der Waals surface area contributed by atoms with Crippen molar-refractivity contribution < 1.29 is 13.5 Å². The minimum absolute atomic E-state index is 0.0550. The number of rotatable bonds is 6. The van der Waals surface area contributed by atoms with E-state index in [1.54, 1.807) is 25.3 Å². The molecule has 2 aromatic rings. The van der Waals surface area contributed by atoms with Crippen LogP contribution in [0.4, 0.5) is 14.5 Å². The number of hydrogen-bond donors (Lipinski definition) is 1. The summed E-state index contributed by atoms with van der Waals surface area (Å²) in [6, 6.07) is 14.7. The highest BCUT2D eigenvalue weighted by atomic mass is 32.2. The molecular weight excluding hydrogens is 292 g/mol. The lowest BCUT2D eigenvalue weighted by Crippen LogP contribution is -2.09. The molecule has 0 bridgehead atoms. The van der Waals surface area contributed by atoms with E-state index in [-0.39, 0.29) is 6.04 Å². The summed E-state index contributed by atoms with van der Waals surface area (Å²) in [6.07, 6.45) is 0. The molecule has 0 aliphatic heterocycles. The number of halogens is 2. The third kappa shape index (κ3) is 4.11. The maximum absolute atomic E-state index is 12.6. The van der Waals surface area contributed by atoms with Crippen LogP contribution in [0.15, 0.2) is 53.4 Å². The predicted octanol–water partition coefficient (Wildman–Crippen LogP) is 5.18. The van der Waals surface area contributed by atoms with E-state index >= 15 is 0 Å². The average molecular weight is 309 g/mol. The summed E-state index contributed by atoms with van der Waals surface area (Å²) >= 11 is 0.545. The number of methoxy groups -OCH3 is 1. The van der Waals surface area contributed by atoms with Crippen LogP contribution in [0.1, 0.15) is 18.5 Å². The number of nitrogens with one attached hydrogen (secondary N) is 1. The van der Waals surface area contributed by atoms with Gasteiger partial charge in [0.25, 0.3) is 5.76 Å². The molecule has 0 aliphatic carbocycles. The first kappa shape index (κ1) is 15.6. The van der Waals surface area contributed by atoms with Gasteiger partial charge in [-0.05, 0) is 25.1 Å². The molecule has 0 aromatic heterocycles. The van der Waals surface area contributed by atoms with Crippen LogP contribution < -0.4 is 10.1 Å². The van der Waals surface area contributed by atoms with Crippen LogP contribution in [0.2, 0.25) is 0 Å². The Hall–Kier alpha value is -1.75. The highest BCUT2D eigenvalue weighted by Gasteiger charge is 2.14. The van der Waals surface area contributed by atoms with Crippen molar-refractivity contribution in [2.45, 2.75) is 23.6 Å². The molecule has 0 radical (unpaired) electrons. The molecule has 2 aromatic carbocycles. The molecule has 21 heavy (non-hydrogen) atoms. The zero-order chi connectivity index (χ0) is 15.2. The Kier molecular flexibility index (Phi) is 5.44. The Morgan fingerprint density at radius 2 is 1.71 bits per heavy atom. The fraction of sp³-hybridized carbons (Fsp3) is 0.250. The number of alkyl halides is 2. The number of anilines is 1. The predicted molar refractivity (Wildman–Crippen MR) is 83.3 cm³/mol. The molecule has 0 aliphatic rings. The van der Waals surface area contributed by atoms with Gasteiger partial charge < -0.3 is 10.1 Å². The van der Waals surface area contributed by atoms with Crippen molar-refractivity contribution in [3.8, 4) is 5.75 Å². The third-order valence-corrected chi connectivity index (χ3v) is 3.87. The molecule has 5 heteroatoms. The second kappa shape index (κ2) is 7.31. The molecule has 1 atom stereocenters.